The van der Waals surface area contributed by atoms with Crippen molar-refractivity contribution in [1.82, 2.24) is 9.71 Å². The van der Waals surface area contributed by atoms with E-state index in [-0.39, 0.29) is 16.7 Å². The summed E-state index contributed by atoms with van der Waals surface area (Å²) in [6.07, 6.45) is 1.68. The number of anilines is 2. The molecule has 33 heavy (non-hydrogen) atoms. The van der Waals surface area contributed by atoms with Crippen molar-refractivity contribution < 1.29 is 13.2 Å². The van der Waals surface area contributed by atoms with Crippen LogP contribution in [0.1, 0.15) is 34.6 Å². The number of carbonyl (C=O) groups excluding carboxylic acids is 1. The smallest absolute Gasteiger partial charge is 0.241 e. The topological polar surface area (TPSA) is 100 Å². The molecule has 0 bridgehead atoms. The van der Waals surface area contributed by atoms with Gasteiger partial charge < -0.3 is 10.6 Å². The summed E-state index contributed by atoms with van der Waals surface area (Å²) in [7, 11) is -2.01. The predicted molar refractivity (Wildman–Crippen MR) is 136 cm³/mol. The number of thiazole rings is 1. The highest BCUT2D eigenvalue weighted by Crippen LogP contribution is 2.37. The molecule has 1 amide bonds. The highest BCUT2D eigenvalue weighted by molar-refractivity contribution is 7.89. The lowest BCUT2D eigenvalue weighted by atomic mass is 10.1. The van der Waals surface area contributed by atoms with Gasteiger partial charge in [-0.2, -0.15) is 0 Å². The van der Waals surface area contributed by atoms with Gasteiger partial charge in [0.25, 0.3) is 0 Å². The van der Waals surface area contributed by atoms with Gasteiger partial charge in [-0.25, -0.2) is 18.1 Å². The molecule has 0 unspecified atom stereocenters. The molecule has 0 aliphatic carbocycles. The molecule has 3 aromatic rings. The summed E-state index contributed by atoms with van der Waals surface area (Å²) >= 11 is 1.41. The molecular weight excluding hydrogens is 456 g/mol. The molecule has 0 atom stereocenters. The van der Waals surface area contributed by atoms with E-state index in [1.54, 1.807) is 52.9 Å². The van der Waals surface area contributed by atoms with E-state index in [0.29, 0.717) is 11.3 Å². The van der Waals surface area contributed by atoms with E-state index in [9.17, 15) is 13.2 Å². The average molecular weight is 487 g/mol. The number of nitrogens with zero attached hydrogens (tertiary/aromatic N) is 1. The fourth-order valence-electron chi connectivity index (χ4n) is 3.08. The number of sulfonamides is 1. The second-order valence-corrected chi connectivity index (χ2v) is 11.7. The maximum atomic E-state index is 13.3. The monoisotopic (exact) mass is 486 g/mol. The number of rotatable bonds is 7. The highest BCUT2D eigenvalue weighted by atomic mass is 32.2. The minimum Gasteiger partial charge on any atom is -0.388 e. The van der Waals surface area contributed by atoms with Crippen LogP contribution < -0.4 is 15.4 Å². The Kier molecular flexibility index (Phi) is 7.26. The number of hydrogen-bond donors (Lipinski definition) is 3. The van der Waals surface area contributed by atoms with Crippen LogP contribution in [0.25, 0.3) is 21.0 Å². The SMILES string of the molecule is CNc1ccc(-c2ncc(-c3ccc(NC(=O)C(C)C)cc3S(=O)(=O)NC(C)(C)C)s2)cc1. The molecule has 1 aromatic heterocycles. The van der Waals surface area contributed by atoms with E-state index in [1.165, 1.54) is 17.4 Å². The van der Waals surface area contributed by atoms with Crippen LogP contribution in [0.4, 0.5) is 11.4 Å². The highest BCUT2D eigenvalue weighted by Gasteiger charge is 2.26. The zero-order valence-corrected chi connectivity index (χ0v) is 21.3. The van der Waals surface area contributed by atoms with E-state index < -0.39 is 15.6 Å². The molecule has 0 fully saturated rings. The summed E-state index contributed by atoms with van der Waals surface area (Å²) in [5.74, 6) is -0.407. The standard InChI is InChI=1S/C24H30N4O3S2/c1-15(2)22(29)27-18-11-12-19(21(13-18)33(30,31)28-24(3,4)5)20-14-26-23(32-20)16-7-9-17(25-6)10-8-16/h7-15,25,28H,1-6H3,(H,27,29). The third kappa shape index (κ3) is 6.19. The van der Waals surface area contributed by atoms with Crippen molar-refractivity contribution in [3.63, 3.8) is 0 Å². The lowest BCUT2D eigenvalue weighted by Gasteiger charge is -2.22. The number of hydrogen-bond acceptors (Lipinski definition) is 6. The summed E-state index contributed by atoms with van der Waals surface area (Å²) in [5, 5.41) is 6.66. The van der Waals surface area contributed by atoms with E-state index >= 15 is 0 Å². The van der Waals surface area contributed by atoms with Crippen molar-refractivity contribution in [1.29, 1.82) is 0 Å². The first-order valence-electron chi connectivity index (χ1n) is 10.6. The van der Waals surface area contributed by atoms with Gasteiger partial charge in [0.15, 0.2) is 0 Å². The Balaban J connectivity index is 2.07. The van der Waals surface area contributed by atoms with E-state index in [0.717, 1.165) is 21.1 Å². The van der Waals surface area contributed by atoms with Crippen molar-refractivity contribution in [3.8, 4) is 21.0 Å². The van der Waals surface area contributed by atoms with Crippen LogP contribution in [0.15, 0.2) is 53.6 Å². The average Bonchev–Trinajstić information content (AvgIpc) is 3.22. The number of benzene rings is 2. The minimum absolute atomic E-state index is 0.0970. The molecule has 0 aliphatic heterocycles. The summed E-state index contributed by atoms with van der Waals surface area (Å²) in [6, 6.07) is 12.8. The normalized spacial score (nSPS) is 12.1. The van der Waals surface area contributed by atoms with Gasteiger partial charge >= 0.3 is 0 Å². The molecular formula is C24H30N4O3S2. The molecule has 3 rings (SSSR count). The molecule has 0 saturated carbocycles. The molecule has 1 heterocycles. The van der Waals surface area contributed by atoms with Crippen LogP contribution in [0.2, 0.25) is 0 Å². The second kappa shape index (κ2) is 9.62. The lowest BCUT2D eigenvalue weighted by molar-refractivity contribution is -0.118. The zero-order valence-electron chi connectivity index (χ0n) is 19.7. The third-order valence-corrected chi connectivity index (χ3v) is 7.57. The van der Waals surface area contributed by atoms with E-state index in [1.807, 2.05) is 31.3 Å². The first-order chi connectivity index (χ1) is 15.4. The number of aromatic nitrogens is 1. The van der Waals surface area contributed by atoms with Gasteiger partial charge in [0.2, 0.25) is 15.9 Å². The fraction of sp³-hybridized carbons (Fsp3) is 0.333. The first-order valence-corrected chi connectivity index (χ1v) is 12.9. The van der Waals surface area contributed by atoms with Crippen LogP contribution in [0.5, 0.6) is 0 Å². The van der Waals surface area contributed by atoms with Crippen molar-refractivity contribution >= 4 is 38.6 Å². The quantitative estimate of drug-likeness (QED) is 0.427. The predicted octanol–water partition coefficient (Wildman–Crippen LogP) is 5.19. The Hall–Kier alpha value is -2.75. The summed E-state index contributed by atoms with van der Waals surface area (Å²) in [5.41, 5.74) is 2.24. The van der Waals surface area contributed by atoms with Gasteiger partial charge in [-0.1, -0.05) is 19.9 Å². The second-order valence-electron chi connectivity index (χ2n) is 9.07. The maximum absolute atomic E-state index is 13.3. The summed E-state index contributed by atoms with van der Waals surface area (Å²) in [6.45, 7) is 8.92. The Labute approximate surface area is 199 Å². The Morgan fingerprint density at radius 2 is 1.67 bits per heavy atom. The van der Waals surface area contributed by atoms with Crippen molar-refractivity contribution in [2.45, 2.75) is 45.1 Å². The van der Waals surface area contributed by atoms with Gasteiger partial charge in [-0.15, -0.1) is 11.3 Å². The lowest BCUT2D eigenvalue weighted by Crippen LogP contribution is -2.40. The van der Waals surface area contributed by atoms with Crippen LogP contribution in [-0.2, 0) is 14.8 Å². The Bertz CT molecular complexity index is 1240. The van der Waals surface area contributed by atoms with Crippen LogP contribution in [-0.4, -0.2) is 31.9 Å². The third-order valence-electron chi connectivity index (χ3n) is 4.70. The number of nitrogens with one attached hydrogen (secondary N) is 3. The van der Waals surface area contributed by atoms with Crippen molar-refractivity contribution in [3.05, 3.63) is 48.7 Å². The minimum atomic E-state index is -3.87. The molecule has 176 valence electrons. The Morgan fingerprint density at radius 1 is 1.03 bits per heavy atom. The van der Waals surface area contributed by atoms with Gasteiger partial charge in [-0.05, 0) is 57.2 Å². The molecule has 9 heteroatoms. The van der Waals surface area contributed by atoms with Crippen LogP contribution in [0.3, 0.4) is 0 Å². The summed E-state index contributed by atoms with van der Waals surface area (Å²) in [4.78, 5) is 17.5. The molecule has 0 saturated heterocycles. The largest absolute Gasteiger partial charge is 0.388 e. The molecule has 2 aromatic carbocycles. The molecule has 0 aliphatic rings. The van der Waals surface area contributed by atoms with E-state index in [2.05, 4.69) is 20.3 Å². The molecule has 0 radical (unpaired) electrons. The van der Waals surface area contributed by atoms with Crippen molar-refractivity contribution in [2.75, 3.05) is 17.7 Å². The van der Waals surface area contributed by atoms with Crippen LogP contribution >= 0.6 is 11.3 Å². The van der Waals surface area contributed by atoms with Gasteiger partial charge in [0.05, 0.1) is 9.77 Å². The zero-order chi connectivity index (χ0) is 24.4. The Morgan fingerprint density at radius 3 is 2.24 bits per heavy atom. The first kappa shape index (κ1) is 24.9. The van der Waals surface area contributed by atoms with E-state index in [4.69, 9.17) is 0 Å². The molecule has 3 N–H and O–H groups in total. The van der Waals surface area contributed by atoms with Gasteiger partial charge in [-0.3, -0.25) is 4.79 Å². The number of amides is 1. The maximum Gasteiger partial charge on any atom is 0.241 e. The van der Waals surface area contributed by atoms with Crippen molar-refractivity contribution in [2.24, 2.45) is 5.92 Å². The molecule has 7 nitrogen and oxygen atoms in total. The van der Waals surface area contributed by atoms with Crippen LogP contribution in [0, 0.1) is 5.92 Å². The number of carbonyl (C=O) groups is 1. The molecule has 0 spiro atoms. The van der Waals surface area contributed by atoms with Gasteiger partial charge in [0, 0.05) is 47.2 Å². The summed E-state index contributed by atoms with van der Waals surface area (Å²) < 4.78 is 29.3. The fourth-order valence-corrected chi connectivity index (χ4v) is 5.77. The van der Waals surface area contributed by atoms with Gasteiger partial charge in [0.1, 0.15) is 5.01 Å².